The lowest BCUT2D eigenvalue weighted by Crippen LogP contribution is -2.55. The number of likely N-dealkylation sites (N-methyl/N-ethyl adjacent to an activating group) is 1. The largest absolute Gasteiger partial charge is 0.311 e. The summed E-state index contributed by atoms with van der Waals surface area (Å²) in [5.41, 5.74) is 0.808. The Morgan fingerprint density at radius 3 is 2.94 bits per heavy atom. The lowest BCUT2D eigenvalue weighted by Gasteiger charge is -2.38. The highest BCUT2D eigenvalue weighted by Crippen LogP contribution is 2.14. The summed E-state index contributed by atoms with van der Waals surface area (Å²) in [6.45, 7) is 4.24. The molecule has 1 aliphatic rings. The molecule has 1 heterocycles. The van der Waals surface area contributed by atoms with Crippen LogP contribution in [0.25, 0.3) is 0 Å². The molecule has 0 saturated carbocycles. The van der Waals surface area contributed by atoms with E-state index in [1.54, 1.807) is 6.07 Å². The van der Waals surface area contributed by atoms with Crippen LogP contribution in [0.1, 0.15) is 12.5 Å². The van der Waals surface area contributed by atoms with Crippen LogP contribution in [-0.4, -0.2) is 37.1 Å². The molecule has 0 bridgehead atoms. The van der Waals surface area contributed by atoms with Crippen molar-refractivity contribution in [1.29, 1.82) is 0 Å². The zero-order chi connectivity index (χ0) is 11.5. The van der Waals surface area contributed by atoms with Gasteiger partial charge in [0.1, 0.15) is 5.82 Å². The van der Waals surface area contributed by atoms with Crippen molar-refractivity contribution in [3.63, 3.8) is 0 Å². The zero-order valence-electron chi connectivity index (χ0n) is 9.91. The first-order chi connectivity index (χ1) is 7.68. The molecule has 16 heavy (non-hydrogen) atoms. The topological polar surface area (TPSA) is 15.3 Å². The second-order valence-corrected chi connectivity index (χ2v) is 4.58. The van der Waals surface area contributed by atoms with Gasteiger partial charge >= 0.3 is 0 Å². The van der Waals surface area contributed by atoms with Gasteiger partial charge in [0.05, 0.1) is 0 Å². The number of benzene rings is 1. The smallest absolute Gasteiger partial charge is 0.126 e. The van der Waals surface area contributed by atoms with Gasteiger partial charge in [0.2, 0.25) is 0 Å². The monoisotopic (exact) mass is 222 g/mol. The van der Waals surface area contributed by atoms with Gasteiger partial charge in [-0.25, -0.2) is 4.39 Å². The fourth-order valence-electron chi connectivity index (χ4n) is 2.25. The maximum Gasteiger partial charge on any atom is 0.126 e. The van der Waals surface area contributed by atoms with E-state index in [4.69, 9.17) is 0 Å². The van der Waals surface area contributed by atoms with Gasteiger partial charge in [-0.3, -0.25) is 0 Å². The normalized spacial score (nSPS) is 26.9. The lowest BCUT2D eigenvalue weighted by atomic mass is 9.97. The Morgan fingerprint density at radius 1 is 1.44 bits per heavy atom. The van der Waals surface area contributed by atoms with Crippen molar-refractivity contribution in [2.75, 3.05) is 20.1 Å². The SMILES string of the molecule is CC1C(Cc2ccccc2F)NCCN1C. The Kier molecular flexibility index (Phi) is 3.56. The molecule has 2 atom stereocenters. The summed E-state index contributed by atoms with van der Waals surface area (Å²) < 4.78 is 13.5. The maximum atomic E-state index is 13.5. The van der Waals surface area contributed by atoms with E-state index in [1.807, 2.05) is 12.1 Å². The van der Waals surface area contributed by atoms with E-state index in [9.17, 15) is 4.39 Å². The molecule has 0 aromatic heterocycles. The van der Waals surface area contributed by atoms with Crippen LogP contribution in [0.4, 0.5) is 4.39 Å². The van der Waals surface area contributed by atoms with Gasteiger partial charge in [-0.15, -0.1) is 0 Å². The molecular formula is C13H19FN2. The van der Waals surface area contributed by atoms with Crippen molar-refractivity contribution >= 4 is 0 Å². The molecule has 0 radical (unpaired) electrons. The Bertz CT molecular complexity index is 354. The Hall–Kier alpha value is -0.930. The summed E-state index contributed by atoms with van der Waals surface area (Å²) in [7, 11) is 2.12. The van der Waals surface area contributed by atoms with Gasteiger partial charge in [-0.1, -0.05) is 18.2 Å². The molecule has 1 aromatic carbocycles. The predicted molar refractivity (Wildman–Crippen MR) is 64.0 cm³/mol. The van der Waals surface area contributed by atoms with Crippen molar-refractivity contribution in [2.24, 2.45) is 0 Å². The lowest BCUT2D eigenvalue weighted by molar-refractivity contribution is 0.163. The summed E-state index contributed by atoms with van der Waals surface area (Å²) in [4.78, 5) is 2.32. The fourth-order valence-corrected chi connectivity index (χ4v) is 2.25. The third-order valence-electron chi connectivity index (χ3n) is 3.55. The zero-order valence-corrected chi connectivity index (χ0v) is 9.91. The van der Waals surface area contributed by atoms with Crippen LogP contribution in [0.2, 0.25) is 0 Å². The maximum absolute atomic E-state index is 13.5. The molecular weight excluding hydrogens is 203 g/mol. The summed E-state index contributed by atoms with van der Waals surface area (Å²) in [5.74, 6) is -0.0928. The van der Waals surface area contributed by atoms with Crippen molar-refractivity contribution in [3.8, 4) is 0 Å². The van der Waals surface area contributed by atoms with Crippen molar-refractivity contribution in [3.05, 3.63) is 35.6 Å². The van der Waals surface area contributed by atoms with E-state index in [1.165, 1.54) is 6.07 Å². The predicted octanol–water partition coefficient (Wildman–Crippen LogP) is 1.66. The summed E-state index contributed by atoms with van der Waals surface area (Å²) in [5, 5.41) is 3.47. The van der Waals surface area contributed by atoms with Crippen molar-refractivity contribution < 1.29 is 4.39 Å². The summed E-state index contributed by atoms with van der Waals surface area (Å²) in [6.07, 6.45) is 0.762. The fraction of sp³-hybridized carbons (Fsp3) is 0.538. The molecule has 2 nitrogen and oxygen atoms in total. The molecule has 0 spiro atoms. The summed E-state index contributed by atoms with van der Waals surface area (Å²) >= 11 is 0. The average molecular weight is 222 g/mol. The number of rotatable bonds is 2. The third kappa shape index (κ3) is 2.42. The van der Waals surface area contributed by atoms with Crippen LogP contribution in [0.5, 0.6) is 0 Å². The van der Waals surface area contributed by atoms with Gasteiger partial charge in [0.25, 0.3) is 0 Å². The molecule has 1 saturated heterocycles. The number of piperazine rings is 1. The second-order valence-electron chi connectivity index (χ2n) is 4.58. The molecule has 1 N–H and O–H groups in total. The average Bonchev–Trinajstić information content (AvgIpc) is 2.28. The minimum absolute atomic E-state index is 0.0928. The number of nitrogens with zero attached hydrogens (tertiary/aromatic N) is 1. The summed E-state index contributed by atoms with van der Waals surface area (Å²) in [6, 6.07) is 7.84. The number of halogens is 1. The van der Waals surface area contributed by atoms with E-state index in [2.05, 4.69) is 24.2 Å². The Labute approximate surface area is 96.5 Å². The number of hydrogen-bond donors (Lipinski definition) is 1. The molecule has 3 heteroatoms. The minimum atomic E-state index is -0.0928. The second kappa shape index (κ2) is 4.93. The first-order valence-electron chi connectivity index (χ1n) is 5.85. The quantitative estimate of drug-likeness (QED) is 0.818. The highest BCUT2D eigenvalue weighted by Gasteiger charge is 2.25. The van der Waals surface area contributed by atoms with Crippen LogP contribution < -0.4 is 5.32 Å². The van der Waals surface area contributed by atoms with E-state index < -0.39 is 0 Å². The van der Waals surface area contributed by atoms with Crippen molar-refractivity contribution in [2.45, 2.75) is 25.4 Å². The van der Waals surface area contributed by atoms with E-state index >= 15 is 0 Å². The number of nitrogens with one attached hydrogen (secondary N) is 1. The van der Waals surface area contributed by atoms with Gasteiger partial charge in [-0.05, 0) is 32.0 Å². The standard InChI is InChI=1S/C13H19FN2/c1-10-13(15-7-8-16(10)2)9-11-5-3-4-6-12(11)14/h3-6,10,13,15H,7-9H2,1-2H3. The molecule has 0 aliphatic carbocycles. The highest BCUT2D eigenvalue weighted by molar-refractivity contribution is 5.19. The van der Waals surface area contributed by atoms with Gasteiger partial charge in [0, 0.05) is 25.2 Å². The van der Waals surface area contributed by atoms with Crippen LogP contribution in [-0.2, 0) is 6.42 Å². The van der Waals surface area contributed by atoms with E-state index in [0.717, 1.165) is 25.1 Å². The third-order valence-corrected chi connectivity index (χ3v) is 3.55. The molecule has 2 unspecified atom stereocenters. The molecule has 1 aliphatic heterocycles. The number of hydrogen-bond acceptors (Lipinski definition) is 2. The van der Waals surface area contributed by atoms with E-state index in [0.29, 0.717) is 12.1 Å². The molecule has 0 amide bonds. The molecule has 2 rings (SSSR count). The van der Waals surface area contributed by atoms with Gasteiger partial charge in [0.15, 0.2) is 0 Å². The Balaban J connectivity index is 2.06. The van der Waals surface area contributed by atoms with Crippen LogP contribution in [0.3, 0.4) is 0 Å². The molecule has 88 valence electrons. The molecule has 1 aromatic rings. The molecule has 1 fully saturated rings. The van der Waals surface area contributed by atoms with Gasteiger partial charge < -0.3 is 10.2 Å². The minimum Gasteiger partial charge on any atom is -0.311 e. The first kappa shape index (κ1) is 11.6. The van der Waals surface area contributed by atoms with Crippen LogP contribution in [0, 0.1) is 5.82 Å². The van der Waals surface area contributed by atoms with Gasteiger partial charge in [-0.2, -0.15) is 0 Å². The first-order valence-corrected chi connectivity index (χ1v) is 5.85. The van der Waals surface area contributed by atoms with Crippen LogP contribution in [0.15, 0.2) is 24.3 Å². The Morgan fingerprint density at radius 2 is 2.19 bits per heavy atom. The highest BCUT2D eigenvalue weighted by atomic mass is 19.1. The van der Waals surface area contributed by atoms with Crippen molar-refractivity contribution in [1.82, 2.24) is 10.2 Å². The van der Waals surface area contributed by atoms with Crippen LogP contribution >= 0.6 is 0 Å². The van der Waals surface area contributed by atoms with E-state index in [-0.39, 0.29) is 5.82 Å².